The lowest BCUT2D eigenvalue weighted by Gasteiger charge is -2.11. The van der Waals surface area contributed by atoms with Gasteiger partial charge in [-0.05, 0) is 62.2 Å². The van der Waals surface area contributed by atoms with Gasteiger partial charge in [-0.1, -0.05) is 23.5 Å². The van der Waals surface area contributed by atoms with Crippen LogP contribution in [0.15, 0.2) is 53.3 Å². The number of nitrogens with zero attached hydrogens (tertiary/aromatic N) is 2. The van der Waals surface area contributed by atoms with Crippen molar-refractivity contribution < 1.29 is 14.0 Å². The first kappa shape index (κ1) is 21.4. The maximum absolute atomic E-state index is 13.3. The highest BCUT2D eigenvalue weighted by atomic mass is 32.1. The molecule has 2 N–H and O–H groups in total. The number of hydrogen-bond donors (Lipinski definition) is 2. The summed E-state index contributed by atoms with van der Waals surface area (Å²) in [6.07, 6.45) is 0. The molecule has 0 aliphatic heterocycles. The molecule has 0 aliphatic carbocycles. The molecule has 2 heterocycles. The van der Waals surface area contributed by atoms with Gasteiger partial charge in [-0.2, -0.15) is 0 Å². The van der Waals surface area contributed by atoms with Crippen LogP contribution in [0.1, 0.15) is 37.0 Å². The van der Waals surface area contributed by atoms with Gasteiger partial charge < -0.3 is 10.6 Å². The zero-order valence-corrected chi connectivity index (χ0v) is 18.3. The van der Waals surface area contributed by atoms with Gasteiger partial charge in [0.2, 0.25) is 0 Å². The number of hydrogen-bond acceptors (Lipinski definition) is 5. The fourth-order valence-corrected chi connectivity index (χ4v) is 4.30. The van der Waals surface area contributed by atoms with Crippen LogP contribution < -0.4 is 16.2 Å². The summed E-state index contributed by atoms with van der Waals surface area (Å²) in [6.45, 7) is 5.45. The van der Waals surface area contributed by atoms with Crippen molar-refractivity contribution in [1.82, 2.24) is 9.38 Å². The van der Waals surface area contributed by atoms with Crippen LogP contribution in [0.3, 0.4) is 0 Å². The second-order valence-corrected chi connectivity index (χ2v) is 8.27. The fourth-order valence-electron chi connectivity index (χ4n) is 3.23. The number of fused-ring (bicyclic) bond motifs is 1. The largest absolute Gasteiger partial charge is 0.321 e. The van der Waals surface area contributed by atoms with Crippen LogP contribution in [-0.4, -0.2) is 21.2 Å². The van der Waals surface area contributed by atoms with Gasteiger partial charge in [0, 0.05) is 23.1 Å². The molecule has 2 aromatic carbocycles. The number of carbonyl (C=O) groups excluding carboxylic acids is 2. The van der Waals surface area contributed by atoms with E-state index in [9.17, 15) is 18.8 Å². The van der Waals surface area contributed by atoms with Crippen LogP contribution in [0, 0.1) is 26.6 Å². The zero-order valence-electron chi connectivity index (χ0n) is 17.5. The Kier molecular flexibility index (Phi) is 5.58. The minimum atomic E-state index is -0.609. The molecule has 0 saturated carbocycles. The molecule has 0 radical (unpaired) electrons. The number of aryl methyl sites for hydroxylation is 2. The number of rotatable bonds is 4. The molecule has 162 valence electrons. The molecule has 0 unspecified atom stereocenters. The van der Waals surface area contributed by atoms with Crippen molar-refractivity contribution in [2.75, 3.05) is 10.6 Å². The van der Waals surface area contributed by atoms with Crippen molar-refractivity contribution in [3.8, 4) is 0 Å². The summed E-state index contributed by atoms with van der Waals surface area (Å²) in [5, 5.41) is 5.45. The normalized spacial score (nSPS) is 10.9. The van der Waals surface area contributed by atoms with E-state index >= 15 is 0 Å². The number of anilines is 2. The van der Waals surface area contributed by atoms with Gasteiger partial charge in [-0.25, -0.2) is 13.8 Å². The fraction of sp³-hybridized carbons (Fsp3) is 0.130. The van der Waals surface area contributed by atoms with Crippen molar-refractivity contribution in [2.45, 2.75) is 20.8 Å². The van der Waals surface area contributed by atoms with Crippen LogP contribution in [0.25, 0.3) is 4.96 Å². The van der Waals surface area contributed by atoms with E-state index in [-0.39, 0.29) is 15.5 Å². The average Bonchev–Trinajstić information content (AvgIpc) is 3.13. The van der Waals surface area contributed by atoms with Gasteiger partial charge in [-0.3, -0.25) is 14.4 Å². The Labute approximate surface area is 186 Å². The molecular formula is C23H19FN4O3S. The lowest BCUT2D eigenvalue weighted by molar-refractivity contribution is 0.0989. The van der Waals surface area contributed by atoms with Crippen LogP contribution in [0.2, 0.25) is 0 Å². The van der Waals surface area contributed by atoms with E-state index in [1.54, 1.807) is 13.0 Å². The minimum absolute atomic E-state index is 0.0207. The predicted octanol–water partition coefficient (Wildman–Crippen LogP) is 4.32. The maximum Gasteiger partial charge on any atom is 0.274 e. The van der Waals surface area contributed by atoms with Crippen LogP contribution >= 0.6 is 11.3 Å². The van der Waals surface area contributed by atoms with E-state index in [2.05, 4.69) is 15.6 Å². The van der Waals surface area contributed by atoms with Crippen molar-refractivity contribution >= 4 is 39.5 Å². The van der Waals surface area contributed by atoms with Gasteiger partial charge >= 0.3 is 0 Å². The number of nitrogens with one attached hydrogen (secondary N) is 2. The number of thiazole rings is 1. The third-order valence-electron chi connectivity index (χ3n) is 5.02. The van der Waals surface area contributed by atoms with E-state index in [4.69, 9.17) is 0 Å². The van der Waals surface area contributed by atoms with Crippen molar-refractivity contribution in [2.24, 2.45) is 0 Å². The number of benzene rings is 2. The van der Waals surface area contributed by atoms with Crippen molar-refractivity contribution in [1.29, 1.82) is 0 Å². The summed E-state index contributed by atoms with van der Waals surface area (Å²) >= 11 is 0.934. The highest BCUT2D eigenvalue weighted by Gasteiger charge is 2.26. The summed E-state index contributed by atoms with van der Waals surface area (Å²) in [6, 6.07) is 12.0. The number of halogens is 1. The van der Waals surface area contributed by atoms with Crippen LogP contribution in [0.4, 0.5) is 15.8 Å². The van der Waals surface area contributed by atoms with Crippen LogP contribution in [0.5, 0.6) is 0 Å². The monoisotopic (exact) mass is 450 g/mol. The molecule has 7 nitrogen and oxygen atoms in total. The van der Waals surface area contributed by atoms with Gasteiger partial charge in [0.05, 0.1) is 0 Å². The molecule has 2 aromatic heterocycles. The third-order valence-corrected chi connectivity index (χ3v) is 6.06. The molecule has 32 heavy (non-hydrogen) atoms. The summed E-state index contributed by atoms with van der Waals surface area (Å²) < 4.78 is 14.3. The van der Waals surface area contributed by atoms with Gasteiger partial charge in [0.1, 0.15) is 16.4 Å². The standard InChI is InChI=1S/C23H19FN4O3S/c1-12-5-4-6-17(14(12)3)27-21(30)19-20(22(31)26-16-9-7-15(24)8-10-16)32-23-25-13(2)11-18(29)28(19)23/h4-11H,1-3H3,(H,26,31)(H,27,30). The molecule has 0 atom stereocenters. The average molecular weight is 450 g/mol. The minimum Gasteiger partial charge on any atom is -0.321 e. The van der Waals surface area contributed by atoms with Gasteiger partial charge in [0.15, 0.2) is 4.96 Å². The third kappa shape index (κ3) is 4.02. The Morgan fingerprint density at radius 3 is 2.44 bits per heavy atom. The number of carbonyl (C=O) groups is 2. The molecule has 0 fully saturated rings. The second-order valence-electron chi connectivity index (χ2n) is 7.30. The predicted molar refractivity (Wildman–Crippen MR) is 122 cm³/mol. The first-order valence-electron chi connectivity index (χ1n) is 9.72. The molecule has 4 rings (SSSR count). The maximum atomic E-state index is 13.3. The van der Waals surface area contributed by atoms with E-state index < -0.39 is 23.2 Å². The Morgan fingerprint density at radius 2 is 1.72 bits per heavy atom. The topological polar surface area (TPSA) is 92.6 Å². The molecule has 0 saturated heterocycles. The molecule has 4 aromatic rings. The van der Waals surface area contributed by atoms with E-state index in [0.717, 1.165) is 26.9 Å². The number of aromatic nitrogens is 2. The highest BCUT2D eigenvalue weighted by Crippen LogP contribution is 2.25. The Bertz CT molecular complexity index is 1420. The van der Waals surface area contributed by atoms with Crippen molar-refractivity contribution in [3.63, 3.8) is 0 Å². The Hall–Kier alpha value is -3.85. The molecular weight excluding hydrogens is 431 g/mol. The first-order chi connectivity index (χ1) is 15.2. The smallest absolute Gasteiger partial charge is 0.274 e. The van der Waals surface area contributed by atoms with Crippen LogP contribution in [-0.2, 0) is 0 Å². The first-order valence-corrected chi connectivity index (χ1v) is 10.5. The quantitative estimate of drug-likeness (QED) is 0.484. The van der Waals surface area contributed by atoms with E-state index in [1.807, 2.05) is 26.0 Å². The molecule has 0 aliphatic rings. The Morgan fingerprint density at radius 1 is 1.00 bits per heavy atom. The van der Waals surface area contributed by atoms with Gasteiger partial charge in [-0.15, -0.1) is 0 Å². The van der Waals surface area contributed by atoms with Crippen molar-refractivity contribution in [3.05, 3.63) is 92.1 Å². The lowest BCUT2D eigenvalue weighted by atomic mass is 10.1. The summed E-state index contributed by atoms with van der Waals surface area (Å²) in [7, 11) is 0. The number of amides is 2. The molecule has 2 amide bonds. The highest BCUT2D eigenvalue weighted by molar-refractivity contribution is 7.19. The second kappa shape index (κ2) is 8.35. The lowest BCUT2D eigenvalue weighted by Crippen LogP contribution is -2.25. The zero-order chi connectivity index (χ0) is 23.0. The van der Waals surface area contributed by atoms with Gasteiger partial charge in [0.25, 0.3) is 17.4 Å². The van der Waals surface area contributed by atoms with E-state index in [0.29, 0.717) is 17.1 Å². The molecule has 0 spiro atoms. The Balaban J connectivity index is 1.81. The molecule has 0 bridgehead atoms. The summed E-state index contributed by atoms with van der Waals surface area (Å²) in [4.78, 5) is 43.6. The molecule has 9 heteroatoms. The summed E-state index contributed by atoms with van der Waals surface area (Å²) in [5.41, 5.74) is 2.70. The SMILES string of the molecule is Cc1cc(=O)n2c(C(=O)Nc3cccc(C)c3C)c(C(=O)Nc3ccc(F)cc3)sc2n1. The van der Waals surface area contributed by atoms with E-state index in [1.165, 1.54) is 30.3 Å². The summed E-state index contributed by atoms with van der Waals surface area (Å²) in [5.74, 6) is -1.65.